The molecule has 74 valence electrons. The SMILES string of the molecule is C#CCC(CC)NC(=O)C(C)OC. The molecule has 0 aliphatic rings. The van der Waals surface area contributed by atoms with E-state index in [1.807, 2.05) is 6.92 Å². The first-order valence-corrected chi connectivity index (χ1v) is 4.42. The van der Waals surface area contributed by atoms with Gasteiger partial charge in [-0.2, -0.15) is 0 Å². The number of carbonyl (C=O) groups is 1. The lowest BCUT2D eigenvalue weighted by atomic mass is 10.1. The Morgan fingerprint density at radius 1 is 1.69 bits per heavy atom. The summed E-state index contributed by atoms with van der Waals surface area (Å²) in [6, 6.07) is 0.0649. The van der Waals surface area contributed by atoms with Gasteiger partial charge >= 0.3 is 0 Å². The van der Waals surface area contributed by atoms with Gasteiger partial charge in [-0.3, -0.25) is 4.79 Å². The molecule has 0 aromatic carbocycles. The molecule has 2 unspecified atom stereocenters. The average Bonchev–Trinajstić information content (AvgIpc) is 2.15. The Labute approximate surface area is 79.8 Å². The highest BCUT2D eigenvalue weighted by molar-refractivity contribution is 5.80. The lowest BCUT2D eigenvalue weighted by Crippen LogP contribution is -2.40. The van der Waals surface area contributed by atoms with Crippen LogP contribution >= 0.6 is 0 Å². The number of amides is 1. The maximum Gasteiger partial charge on any atom is 0.249 e. The van der Waals surface area contributed by atoms with Gasteiger partial charge in [0.25, 0.3) is 0 Å². The molecule has 0 fully saturated rings. The van der Waals surface area contributed by atoms with Crippen molar-refractivity contribution in [2.75, 3.05) is 7.11 Å². The van der Waals surface area contributed by atoms with Crippen LogP contribution in [-0.4, -0.2) is 25.2 Å². The molecule has 0 saturated heterocycles. The summed E-state index contributed by atoms with van der Waals surface area (Å²) in [7, 11) is 1.51. The third-order valence-electron chi connectivity index (χ3n) is 1.93. The number of methoxy groups -OCH3 is 1. The minimum atomic E-state index is -0.410. The van der Waals surface area contributed by atoms with E-state index < -0.39 is 6.10 Å². The number of ether oxygens (including phenoxy) is 1. The van der Waals surface area contributed by atoms with Crippen molar-refractivity contribution in [2.24, 2.45) is 0 Å². The predicted octanol–water partition coefficient (Wildman–Crippen LogP) is 0.939. The molecule has 0 spiro atoms. The first-order valence-electron chi connectivity index (χ1n) is 4.42. The molecule has 0 aliphatic heterocycles. The quantitative estimate of drug-likeness (QED) is 0.644. The fourth-order valence-electron chi connectivity index (χ4n) is 0.865. The molecule has 0 aromatic heterocycles. The molecule has 0 heterocycles. The number of nitrogens with one attached hydrogen (secondary N) is 1. The van der Waals surface area contributed by atoms with E-state index in [0.717, 1.165) is 6.42 Å². The van der Waals surface area contributed by atoms with Gasteiger partial charge in [-0.1, -0.05) is 6.92 Å². The average molecular weight is 183 g/mol. The molecular weight excluding hydrogens is 166 g/mol. The normalized spacial score (nSPS) is 14.3. The van der Waals surface area contributed by atoms with Crippen LogP contribution in [0.25, 0.3) is 0 Å². The van der Waals surface area contributed by atoms with Crippen LogP contribution in [0.1, 0.15) is 26.7 Å². The Bertz CT molecular complexity index is 196. The summed E-state index contributed by atoms with van der Waals surface area (Å²) in [6.07, 6.45) is 6.15. The van der Waals surface area contributed by atoms with Gasteiger partial charge in [0, 0.05) is 19.6 Å². The van der Waals surface area contributed by atoms with Crippen molar-refractivity contribution >= 4 is 5.91 Å². The van der Waals surface area contributed by atoms with Crippen LogP contribution in [0, 0.1) is 12.3 Å². The summed E-state index contributed by atoms with van der Waals surface area (Å²) in [5.41, 5.74) is 0. The fraction of sp³-hybridized carbons (Fsp3) is 0.700. The summed E-state index contributed by atoms with van der Waals surface area (Å²) < 4.78 is 4.87. The fourth-order valence-corrected chi connectivity index (χ4v) is 0.865. The molecule has 0 radical (unpaired) electrons. The molecule has 0 aromatic rings. The van der Waals surface area contributed by atoms with Gasteiger partial charge in [0.15, 0.2) is 0 Å². The van der Waals surface area contributed by atoms with Crippen LogP contribution < -0.4 is 5.32 Å². The largest absolute Gasteiger partial charge is 0.372 e. The van der Waals surface area contributed by atoms with Crippen molar-refractivity contribution in [1.29, 1.82) is 0 Å². The van der Waals surface area contributed by atoms with Crippen LogP contribution in [0.15, 0.2) is 0 Å². The molecule has 0 bridgehead atoms. The summed E-state index contributed by atoms with van der Waals surface area (Å²) >= 11 is 0. The van der Waals surface area contributed by atoms with Gasteiger partial charge in [0.2, 0.25) is 5.91 Å². The topological polar surface area (TPSA) is 38.3 Å². The Balaban J connectivity index is 3.94. The summed E-state index contributed by atoms with van der Waals surface area (Å²) in [6.45, 7) is 3.69. The molecule has 0 saturated carbocycles. The zero-order chi connectivity index (χ0) is 10.3. The minimum Gasteiger partial charge on any atom is -0.372 e. The number of carbonyl (C=O) groups excluding carboxylic acids is 1. The first-order chi connectivity index (χ1) is 6.15. The van der Waals surface area contributed by atoms with E-state index in [-0.39, 0.29) is 11.9 Å². The van der Waals surface area contributed by atoms with Crippen LogP contribution in [-0.2, 0) is 9.53 Å². The van der Waals surface area contributed by atoms with Crippen molar-refractivity contribution in [3.8, 4) is 12.3 Å². The monoisotopic (exact) mass is 183 g/mol. The highest BCUT2D eigenvalue weighted by Crippen LogP contribution is 1.97. The molecule has 1 N–H and O–H groups in total. The van der Waals surface area contributed by atoms with Crippen molar-refractivity contribution < 1.29 is 9.53 Å². The van der Waals surface area contributed by atoms with Crippen molar-refractivity contribution in [2.45, 2.75) is 38.8 Å². The van der Waals surface area contributed by atoms with Gasteiger partial charge in [0.05, 0.1) is 0 Å². The van der Waals surface area contributed by atoms with Crippen molar-refractivity contribution in [3.05, 3.63) is 0 Å². The van der Waals surface area contributed by atoms with Gasteiger partial charge in [-0.15, -0.1) is 12.3 Å². The number of hydrogen-bond acceptors (Lipinski definition) is 2. The highest BCUT2D eigenvalue weighted by atomic mass is 16.5. The predicted molar refractivity (Wildman–Crippen MR) is 52.1 cm³/mol. The summed E-state index contributed by atoms with van der Waals surface area (Å²) in [5, 5.41) is 2.81. The summed E-state index contributed by atoms with van der Waals surface area (Å²) in [5.74, 6) is 2.42. The van der Waals surface area contributed by atoms with Gasteiger partial charge < -0.3 is 10.1 Å². The lowest BCUT2D eigenvalue weighted by Gasteiger charge is -2.16. The molecule has 13 heavy (non-hydrogen) atoms. The van der Waals surface area contributed by atoms with Gasteiger partial charge in [-0.25, -0.2) is 0 Å². The van der Waals surface area contributed by atoms with E-state index in [1.54, 1.807) is 6.92 Å². The standard InChI is InChI=1S/C10H17NO2/c1-5-7-9(6-2)11-10(12)8(3)13-4/h1,8-9H,6-7H2,2-4H3,(H,11,12). The second-order valence-electron chi connectivity index (χ2n) is 2.90. The molecule has 3 heteroatoms. The lowest BCUT2D eigenvalue weighted by molar-refractivity contribution is -0.130. The molecule has 0 aliphatic carbocycles. The zero-order valence-electron chi connectivity index (χ0n) is 8.46. The summed E-state index contributed by atoms with van der Waals surface area (Å²) in [4.78, 5) is 11.3. The van der Waals surface area contributed by atoms with Crippen LogP contribution in [0.3, 0.4) is 0 Å². The van der Waals surface area contributed by atoms with Crippen LogP contribution in [0.5, 0.6) is 0 Å². The van der Waals surface area contributed by atoms with E-state index in [1.165, 1.54) is 7.11 Å². The third kappa shape index (κ3) is 4.54. The Morgan fingerprint density at radius 2 is 2.31 bits per heavy atom. The van der Waals surface area contributed by atoms with Gasteiger partial charge in [-0.05, 0) is 13.3 Å². The molecule has 3 nitrogen and oxygen atoms in total. The second kappa shape index (κ2) is 6.50. The maximum absolute atomic E-state index is 11.3. The first kappa shape index (κ1) is 12.0. The van der Waals surface area contributed by atoms with E-state index in [4.69, 9.17) is 11.2 Å². The second-order valence-corrected chi connectivity index (χ2v) is 2.90. The molecule has 2 atom stereocenters. The van der Waals surface area contributed by atoms with E-state index >= 15 is 0 Å². The number of terminal acetylenes is 1. The molecule has 1 amide bonds. The minimum absolute atomic E-state index is 0.0649. The number of rotatable bonds is 5. The Hall–Kier alpha value is -1.01. The maximum atomic E-state index is 11.3. The van der Waals surface area contributed by atoms with E-state index in [2.05, 4.69) is 11.2 Å². The zero-order valence-corrected chi connectivity index (χ0v) is 8.46. The Morgan fingerprint density at radius 3 is 2.69 bits per heavy atom. The Kier molecular flexibility index (Phi) is 5.99. The van der Waals surface area contributed by atoms with Crippen LogP contribution in [0.2, 0.25) is 0 Å². The van der Waals surface area contributed by atoms with E-state index in [9.17, 15) is 4.79 Å². The van der Waals surface area contributed by atoms with Gasteiger partial charge in [0.1, 0.15) is 6.10 Å². The third-order valence-corrected chi connectivity index (χ3v) is 1.93. The van der Waals surface area contributed by atoms with Crippen molar-refractivity contribution in [1.82, 2.24) is 5.32 Å². The molecular formula is C10H17NO2. The highest BCUT2D eigenvalue weighted by Gasteiger charge is 2.14. The number of hydrogen-bond donors (Lipinski definition) is 1. The van der Waals surface area contributed by atoms with Crippen molar-refractivity contribution in [3.63, 3.8) is 0 Å². The van der Waals surface area contributed by atoms with Crippen LogP contribution in [0.4, 0.5) is 0 Å². The smallest absolute Gasteiger partial charge is 0.249 e. The molecule has 0 rings (SSSR count). The van der Waals surface area contributed by atoms with E-state index in [0.29, 0.717) is 6.42 Å².